The summed E-state index contributed by atoms with van der Waals surface area (Å²) in [4.78, 5) is 0. The highest BCUT2D eigenvalue weighted by Crippen LogP contribution is 2.36. The van der Waals surface area contributed by atoms with E-state index in [0.717, 1.165) is 18.3 Å². The molecule has 0 aliphatic heterocycles. The van der Waals surface area contributed by atoms with Gasteiger partial charge in [-0.05, 0) is 12.1 Å². The quantitative estimate of drug-likeness (QED) is 0.794. The summed E-state index contributed by atoms with van der Waals surface area (Å²) in [5.41, 5.74) is -1.27. The highest BCUT2D eigenvalue weighted by molar-refractivity contribution is 5.55. The molecule has 0 saturated carbocycles. The minimum absolute atomic E-state index is 0.128. The van der Waals surface area contributed by atoms with E-state index < -0.39 is 17.5 Å². The Bertz CT molecular complexity index is 548. The molecule has 4 nitrogen and oxygen atoms in total. The number of hydrogen-bond donors (Lipinski definition) is 2. The van der Waals surface area contributed by atoms with E-state index in [-0.39, 0.29) is 11.3 Å². The van der Waals surface area contributed by atoms with Crippen LogP contribution >= 0.6 is 0 Å². The summed E-state index contributed by atoms with van der Waals surface area (Å²) in [6.45, 7) is 0. The minimum Gasteiger partial charge on any atom is -0.507 e. The Balaban J connectivity index is 2.98. The molecule has 0 spiro atoms. The SMILES string of the molecule is N#CC(C#N)=CNc1ccc(C(F)(F)F)c(O)c1. The van der Waals surface area contributed by atoms with Gasteiger partial charge in [-0.1, -0.05) is 0 Å². The van der Waals surface area contributed by atoms with Gasteiger partial charge in [0.15, 0.2) is 0 Å². The molecule has 0 aromatic heterocycles. The molecule has 1 aromatic rings. The summed E-state index contributed by atoms with van der Waals surface area (Å²) in [5, 5.41) is 28.5. The molecule has 0 radical (unpaired) electrons. The van der Waals surface area contributed by atoms with Crippen molar-refractivity contribution in [2.24, 2.45) is 0 Å². The third-order valence-electron chi connectivity index (χ3n) is 1.93. The summed E-state index contributed by atoms with van der Waals surface area (Å²) in [5.74, 6) is -0.934. The van der Waals surface area contributed by atoms with Crippen molar-refractivity contribution in [1.29, 1.82) is 10.5 Å². The van der Waals surface area contributed by atoms with Crippen molar-refractivity contribution in [3.63, 3.8) is 0 Å². The van der Waals surface area contributed by atoms with Crippen LogP contribution in [0, 0.1) is 22.7 Å². The zero-order valence-corrected chi connectivity index (χ0v) is 8.78. The Hall–Kier alpha value is -2.67. The fraction of sp³-hybridized carbons (Fsp3) is 0.0909. The highest BCUT2D eigenvalue weighted by Gasteiger charge is 2.33. The average molecular weight is 253 g/mol. The maximum absolute atomic E-state index is 12.3. The summed E-state index contributed by atoms with van der Waals surface area (Å²) in [6.07, 6.45) is -3.61. The van der Waals surface area contributed by atoms with Crippen molar-refractivity contribution in [1.82, 2.24) is 0 Å². The molecule has 0 bridgehead atoms. The second-order valence-corrected chi connectivity index (χ2v) is 3.16. The lowest BCUT2D eigenvalue weighted by Gasteiger charge is -2.10. The molecular weight excluding hydrogens is 247 g/mol. The van der Waals surface area contributed by atoms with E-state index in [4.69, 9.17) is 10.5 Å². The van der Waals surface area contributed by atoms with Crippen molar-refractivity contribution >= 4 is 5.69 Å². The summed E-state index contributed by atoms with van der Waals surface area (Å²) >= 11 is 0. The maximum Gasteiger partial charge on any atom is 0.419 e. The number of allylic oxidation sites excluding steroid dienone is 1. The molecule has 0 unspecified atom stereocenters. The van der Waals surface area contributed by atoms with Gasteiger partial charge >= 0.3 is 6.18 Å². The normalized spacial score (nSPS) is 10.1. The molecule has 0 saturated heterocycles. The van der Waals surface area contributed by atoms with Crippen LogP contribution in [0.15, 0.2) is 30.0 Å². The van der Waals surface area contributed by atoms with Gasteiger partial charge in [-0.2, -0.15) is 23.7 Å². The van der Waals surface area contributed by atoms with Gasteiger partial charge in [0.25, 0.3) is 0 Å². The molecule has 0 amide bonds. The van der Waals surface area contributed by atoms with Crippen molar-refractivity contribution < 1.29 is 18.3 Å². The van der Waals surface area contributed by atoms with Gasteiger partial charge in [-0.25, -0.2) is 0 Å². The number of phenols is 1. The van der Waals surface area contributed by atoms with Crippen molar-refractivity contribution in [3.8, 4) is 17.9 Å². The van der Waals surface area contributed by atoms with E-state index in [1.165, 1.54) is 0 Å². The van der Waals surface area contributed by atoms with Gasteiger partial charge in [-0.15, -0.1) is 0 Å². The Morgan fingerprint density at radius 3 is 2.33 bits per heavy atom. The van der Waals surface area contributed by atoms with Crippen molar-refractivity contribution in [2.75, 3.05) is 5.32 Å². The van der Waals surface area contributed by atoms with Crippen molar-refractivity contribution in [2.45, 2.75) is 6.18 Å². The molecule has 0 aliphatic rings. The first kappa shape index (κ1) is 13.4. The van der Waals surface area contributed by atoms with E-state index >= 15 is 0 Å². The zero-order valence-electron chi connectivity index (χ0n) is 8.78. The topological polar surface area (TPSA) is 79.8 Å². The minimum atomic E-state index is -4.64. The standard InChI is InChI=1S/C11H6F3N3O/c12-11(13,14)9-2-1-8(3-10(9)18)17-6-7(4-15)5-16/h1-3,6,17-18H. The van der Waals surface area contributed by atoms with E-state index in [9.17, 15) is 18.3 Å². The van der Waals surface area contributed by atoms with Crippen LogP contribution in [0.4, 0.5) is 18.9 Å². The molecule has 0 aliphatic carbocycles. The predicted molar refractivity (Wildman–Crippen MR) is 56.0 cm³/mol. The monoisotopic (exact) mass is 253 g/mol. The molecule has 92 valence electrons. The average Bonchev–Trinajstić information content (AvgIpc) is 2.28. The fourth-order valence-corrected chi connectivity index (χ4v) is 1.11. The first-order valence-corrected chi connectivity index (χ1v) is 4.55. The lowest BCUT2D eigenvalue weighted by atomic mass is 10.1. The van der Waals surface area contributed by atoms with Crippen LogP contribution in [0.3, 0.4) is 0 Å². The lowest BCUT2D eigenvalue weighted by molar-refractivity contribution is -0.138. The third-order valence-corrected chi connectivity index (χ3v) is 1.93. The first-order chi connectivity index (χ1) is 8.38. The first-order valence-electron chi connectivity index (χ1n) is 4.55. The molecule has 1 rings (SSSR count). The van der Waals surface area contributed by atoms with Gasteiger partial charge in [-0.3, -0.25) is 0 Å². The van der Waals surface area contributed by atoms with Crippen LogP contribution in [-0.2, 0) is 6.18 Å². The Kier molecular flexibility index (Phi) is 3.80. The lowest BCUT2D eigenvalue weighted by Crippen LogP contribution is -2.05. The number of rotatable bonds is 2. The molecule has 18 heavy (non-hydrogen) atoms. The van der Waals surface area contributed by atoms with Gasteiger partial charge < -0.3 is 10.4 Å². The molecule has 1 aromatic carbocycles. The highest BCUT2D eigenvalue weighted by atomic mass is 19.4. The molecule has 0 atom stereocenters. The van der Waals surface area contributed by atoms with Crippen molar-refractivity contribution in [3.05, 3.63) is 35.5 Å². The molecule has 7 heteroatoms. The van der Waals surface area contributed by atoms with Gasteiger partial charge in [0.05, 0.1) is 5.56 Å². The summed E-state index contributed by atoms with van der Waals surface area (Å²) < 4.78 is 37.0. The Morgan fingerprint density at radius 2 is 1.89 bits per heavy atom. The van der Waals surface area contributed by atoms with Gasteiger partial charge in [0, 0.05) is 18.0 Å². The largest absolute Gasteiger partial charge is 0.507 e. The van der Waals surface area contributed by atoms with Crippen LogP contribution < -0.4 is 5.32 Å². The smallest absolute Gasteiger partial charge is 0.419 e. The molecule has 0 fully saturated rings. The number of alkyl halides is 3. The number of hydrogen-bond acceptors (Lipinski definition) is 4. The summed E-state index contributed by atoms with van der Waals surface area (Å²) in [7, 11) is 0. The zero-order chi connectivity index (χ0) is 13.8. The van der Waals surface area contributed by atoms with E-state index in [1.54, 1.807) is 12.1 Å². The number of halogens is 3. The van der Waals surface area contributed by atoms with Crippen LogP contribution in [0.1, 0.15) is 5.56 Å². The Labute approximate surface area is 100 Å². The van der Waals surface area contributed by atoms with Crippen LogP contribution in [0.2, 0.25) is 0 Å². The van der Waals surface area contributed by atoms with E-state index in [1.807, 2.05) is 0 Å². The number of nitrogens with zero attached hydrogens (tertiary/aromatic N) is 2. The predicted octanol–water partition coefficient (Wildman–Crippen LogP) is 2.75. The fourth-order valence-electron chi connectivity index (χ4n) is 1.11. The second-order valence-electron chi connectivity index (χ2n) is 3.16. The molecular formula is C11H6F3N3O. The molecule has 2 N–H and O–H groups in total. The van der Waals surface area contributed by atoms with E-state index in [0.29, 0.717) is 6.07 Å². The second kappa shape index (κ2) is 5.11. The third kappa shape index (κ3) is 3.16. The number of anilines is 1. The number of phenolic OH excluding ortho intramolecular Hbond substituents is 1. The number of nitriles is 2. The van der Waals surface area contributed by atoms with E-state index in [2.05, 4.69) is 5.32 Å². The van der Waals surface area contributed by atoms with Crippen LogP contribution in [0.25, 0.3) is 0 Å². The maximum atomic E-state index is 12.3. The summed E-state index contributed by atoms with van der Waals surface area (Å²) in [6, 6.07) is 5.76. The number of benzene rings is 1. The van der Waals surface area contributed by atoms with Gasteiger partial charge in [0.2, 0.25) is 0 Å². The molecule has 0 heterocycles. The van der Waals surface area contributed by atoms with Crippen LogP contribution in [0.5, 0.6) is 5.75 Å². The number of nitrogens with one attached hydrogen (secondary N) is 1. The Morgan fingerprint density at radius 1 is 1.28 bits per heavy atom. The van der Waals surface area contributed by atoms with Crippen LogP contribution in [-0.4, -0.2) is 5.11 Å². The number of aromatic hydroxyl groups is 1. The van der Waals surface area contributed by atoms with Gasteiger partial charge in [0.1, 0.15) is 23.5 Å².